The van der Waals surface area contributed by atoms with E-state index in [9.17, 15) is 0 Å². The maximum atomic E-state index is 5.71. The summed E-state index contributed by atoms with van der Waals surface area (Å²) in [6, 6.07) is 14.5. The molecule has 172 valence electrons. The average Bonchev–Trinajstić information content (AvgIpc) is 2.77. The fourth-order valence-electron chi connectivity index (χ4n) is 2.96. The molecule has 2 aromatic carbocycles. The van der Waals surface area contributed by atoms with Crippen molar-refractivity contribution in [2.24, 2.45) is 4.99 Å². The molecule has 0 unspecified atom stereocenters. The number of nitrogens with one attached hydrogen (secondary N) is 2. The summed E-state index contributed by atoms with van der Waals surface area (Å²) in [6.45, 7) is 10.1. The van der Waals surface area contributed by atoms with Gasteiger partial charge >= 0.3 is 0 Å². The fraction of sp³-hybridized carbons (Fsp3) is 0.458. The molecule has 0 aliphatic rings. The van der Waals surface area contributed by atoms with Gasteiger partial charge in [0.15, 0.2) is 17.5 Å². The molecule has 0 bridgehead atoms. The predicted octanol–water partition coefficient (Wildman–Crippen LogP) is 4.55. The van der Waals surface area contributed by atoms with Crippen molar-refractivity contribution in [2.75, 3.05) is 33.4 Å². The molecular weight excluding hydrogens is 505 g/mol. The van der Waals surface area contributed by atoms with E-state index in [4.69, 9.17) is 14.2 Å². The van der Waals surface area contributed by atoms with Gasteiger partial charge < -0.3 is 24.8 Å². The quantitative estimate of drug-likeness (QED) is 0.235. The first-order valence-corrected chi connectivity index (χ1v) is 10.7. The van der Waals surface area contributed by atoms with Gasteiger partial charge in [0.05, 0.1) is 19.8 Å². The molecule has 0 fully saturated rings. The molecule has 0 radical (unpaired) electrons. The molecule has 2 N–H and O–H groups in total. The molecule has 0 amide bonds. The average molecular weight is 541 g/mol. The molecule has 0 heterocycles. The van der Waals surface area contributed by atoms with Crippen LogP contribution in [0.5, 0.6) is 11.5 Å². The molecular formula is C24H36IN3O3. The summed E-state index contributed by atoms with van der Waals surface area (Å²) in [7, 11) is 1.78. The highest BCUT2D eigenvalue weighted by Gasteiger charge is 2.06. The van der Waals surface area contributed by atoms with E-state index in [2.05, 4.69) is 52.0 Å². The Balaban J connectivity index is 0.00000480. The second kappa shape index (κ2) is 15.8. The van der Waals surface area contributed by atoms with Gasteiger partial charge in [-0.2, -0.15) is 0 Å². The van der Waals surface area contributed by atoms with Gasteiger partial charge in [-0.25, -0.2) is 0 Å². The Morgan fingerprint density at radius 1 is 0.806 bits per heavy atom. The van der Waals surface area contributed by atoms with Crippen LogP contribution in [0.3, 0.4) is 0 Å². The molecule has 0 saturated carbocycles. The lowest BCUT2D eigenvalue weighted by Crippen LogP contribution is -2.37. The van der Waals surface area contributed by atoms with E-state index in [1.165, 1.54) is 16.7 Å². The number of benzene rings is 2. The molecule has 6 nitrogen and oxygen atoms in total. The van der Waals surface area contributed by atoms with E-state index in [1.54, 1.807) is 7.05 Å². The number of ether oxygens (including phenoxy) is 3. The van der Waals surface area contributed by atoms with Gasteiger partial charge in [-0.1, -0.05) is 30.3 Å². The molecule has 0 saturated heterocycles. The van der Waals surface area contributed by atoms with Crippen molar-refractivity contribution < 1.29 is 14.2 Å². The van der Waals surface area contributed by atoms with Crippen LogP contribution < -0.4 is 20.1 Å². The number of aliphatic imine (C=N–C) groups is 1. The minimum Gasteiger partial charge on any atom is -0.490 e. The molecule has 2 aromatic rings. The third-order valence-electron chi connectivity index (χ3n) is 4.49. The van der Waals surface area contributed by atoms with Gasteiger partial charge in [-0.05, 0) is 56.0 Å². The summed E-state index contributed by atoms with van der Waals surface area (Å²) in [5, 5.41) is 6.72. The fourth-order valence-corrected chi connectivity index (χ4v) is 2.96. The van der Waals surface area contributed by atoms with Crippen LogP contribution in [0.25, 0.3) is 0 Å². The lowest BCUT2D eigenvalue weighted by atomic mass is 10.1. The Morgan fingerprint density at radius 2 is 1.45 bits per heavy atom. The van der Waals surface area contributed by atoms with Crippen LogP contribution in [-0.2, 0) is 24.3 Å². The van der Waals surface area contributed by atoms with E-state index in [0.717, 1.165) is 37.0 Å². The van der Waals surface area contributed by atoms with Crippen LogP contribution in [0, 0.1) is 0 Å². The second-order valence-electron chi connectivity index (χ2n) is 6.70. The standard InChI is InChI=1S/C24H35N3O3.HI/c1-5-28-18-21-10-8-20(9-11-21)17-27-24(25-4)26-15-14-19-12-13-22(29-6-2)23(16-19)30-7-3;/h8-13,16H,5-7,14-15,17-18H2,1-4H3,(H2,25,26,27);1H. The summed E-state index contributed by atoms with van der Waals surface area (Å²) in [5.74, 6) is 2.37. The molecule has 2 rings (SSSR count). The highest BCUT2D eigenvalue weighted by Crippen LogP contribution is 2.28. The first-order chi connectivity index (χ1) is 14.7. The second-order valence-corrected chi connectivity index (χ2v) is 6.70. The first kappa shape index (κ1) is 27.0. The summed E-state index contributed by atoms with van der Waals surface area (Å²) in [6.07, 6.45) is 0.860. The predicted molar refractivity (Wildman–Crippen MR) is 138 cm³/mol. The molecule has 7 heteroatoms. The van der Waals surface area contributed by atoms with Crippen molar-refractivity contribution in [1.29, 1.82) is 0 Å². The SMILES string of the molecule is CCOCc1ccc(CNC(=NC)NCCc2ccc(OCC)c(OCC)c2)cc1.I. The van der Waals surface area contributed by atoms with Crippen LogP contribution in [-0.4, -0.2) is 39.4 Å². The zero-order chi connectivity index (χ0) is 21.6. The van der Waals surface area contributed by atoms with Gasteiger partial charge in [0, 0.05) is 26.7 Å². The number of guanidine groups is 1. The lowest BCUT2D eigenvalue weighted by molar-refractivity contribution is 0.134. The third-order valence-corrected chi connectivity index (χ3v) is 4.49. The van der Waals surface area contributed by atoms with E-state index in [0.29, 0.717) is 26.4 Å². The number of halogens is 1. The van der Waals surface area contributed by atoms with Crippen LogP contribution in [0.1, 0.15) is 37.5 Å². The summed E-state index contributed by atoms with van der Waals surface area (Å²) < 4.78 is 16.8. The molecule has 0 aromatic heterocycles. The van der Waals surface area contributed by atoms with Gasteiger partial charge in [-0.15, -0.1) is 24.0 Å². The van der Waals surface area contributed by atoms with Crippen molar-refractivity contribution in [3.8, 4) is 11.5 Å². The molecule has 0 aliphatic carbocycles. The summed E-state index contributed by atoms with van der Waals surface area (Å²) in [4.78, 5) is 4.31. The molecule has 31 heavy (non-hydrogen) atoms. The Hall–Kier alpha value is -2.00. The van der Waals surface area contributed by atoms with Crippen molar-refractivity contribution >= 4 is 29.9 Å². The Kier molecular flexibility index (Phi) is 13.7. The number of hydrogen-bond acceptors (Lipinski definition) is 4. The summed E-state index contributed by atoms with van der Waals surface area (Å²) in [5.41, 5.74) is 3.57. The monoisotopic (exact) mass is 541 g/mol. The van der Waals surface area contributed by atoms with Crippen LogP contribution in [0.4, 0.5) is 0 Å². The van der Waals surface area contributed by atoms with E-state index >= 15 is 0 Å². The minimum atomic E-state index is 0. The van der Waals surface area contributed by atoms with Crippen LogP contribution in [0.15, 0.2) is 47.5 Å². The molecule has 0 aliphatic heterocycles. The topological polar surface area (TPSA) is 64.1 Å². The number of hydrogen-bond donors (Lipinski definition) is 2. The van der Waals surface area contributed by atoms with Gasteiger partial charge in [0.1, 0.15) is 0 Å². The highest BCUT2D eigenvalue weighted by molar-refractivity contribution is 14.0. The molecule has 0 atom stereocenters. The maximum absolute atomic E-state index is 5.71. The van der Waals surface area contributed by atoms with Gasteiger partial charge in [-0.3, -0.25) is 4.99 Å². The van der Waals surface area contributed by atoms with Crippen molar-refractivity contribution in [3.63, 3.8) is 0 Å². The zero-order valence-corrected chi connectivity index (χ0v) is 21.4. The largest absolute Gasteiger partial charge is 0.490 e. The molecule has 0 spiro atoms. The smallest absolute Gasteiger partial charge is 0.191 e. The first-order valence-electron chi connectivity index (χ1n) is 10.7. The van der Waals surface area contributed by atoms with E-state index < -0.39 is 0 Å². The minimum absolute atomic E-state index is 0. The number of rotatable bonds is 12. The van der Waals surface area contributed by atoms with Crippen LogP contribution >= 0.6 is 24.0 Å². The zero-order valence-electron chi connectivity index (χ0n) is 19.1. The van der Waals surface area contributed by atoms with Crippen molar-refractivity contribution in [1.82, 2.24) is 10.6 Å². The Bertz CT molecular complexity index is 782. The highest BCUT2D eigenvalue weighted by atomic mass is 127. The van der Waals surface area contributed by atoms with Gasteiger partial charge in [0.2, 0.25) is 0 Å². The van der Waals surface area contributed by atoms with E-state index in [1.807, 2.05) is 26.8 Å². The van der Waals surface area contributed by atoms with Crippen molar-refractivity contribution in [3.05, 3.63) is 59.2 Å². The Morgan fingerprint density at radius 3 is 2.10 bits per heavy atom. The van der Waals surface area contributed by atoms with Crippen molar-refractivity contribution in [2.45, 2.75) is 40.3 Å². The van der Waals surface area contributed by atoms with E-state index in [-0.39, 0.29) is 24.0 Å². The summed E-state index contributed by atoms with van der Waals surface area (Å²) >= 11 is 0. The normalized spacial score (nSPS) is 10.9. The Labute approximate surface area is 203 Å². The third kappa shape index (κ3) is 9.78. The van der Waals surface area contributed by atoms with Gasteiger partial charge in [0.25, 0.3) is 0 Å². The van der Waals surface area contributed by atoms with Crippen LogP contribution in [0.2, 0.25) is 0 Å². The number of nitrogens with zero attached hydrogens (tertiary/aromatic N) is 1. The maximum Gasteiger partial charge on any atom is 0.191 e. The lowest BCUT2D eigenvalue weighted by Gasteiger charge is -2.14.